The molecule has 5 heteroatoms. The summed E-state index contributed by atoms with van der Waals surface area (Å²) in [5, 5.41) is 3.10. The highest BCUT2D eigenvalue weighted by molar-refractivity contribution is 7.13. The predicted octanol–water partition coefficient (Wildman–Crippen LogP) is 4.09. The Bertz CT molecular complexity index is 886. The Morgan fingerprint density at radius 3 is 2.32 bits per heavy atom. The van der Waals surface area contributed by atoms with Crippen LogP contribution in [0.5, 0.6) is 0 Å². The van der Waals surface area contributed by atoms with Gasteiger partial charge in [-0.25, -0.2) is 4.98 Å². The third-order valence-electron chi connectivity index (χ3n) is 5.14. The summed E-state index contributed by atoms with van der Waals surface area (Å²) >= 11 is 1.65. The Morgan fingerprint density at radius 2 is 1.61 bits per heavy atom. The van der Waals surface area contributed by atoms with Crippen LogP contribution in [0.25, 0.3) is 10.6 Å². The van der Waals surface area contributed by atoms with Crippen LogP contribution in [0.3, 0.4) is 0 Å². The number of rotatable bonds is 6. The molecule has 4 nitrogen and oxygen atoms in total. The van der Waals surface area contributed by atoms with Crippen LogP contribution in [0.4, 0.5) is 0 Å². The quantitative estimate of drug-likeness (QED) is 0.635. The van der Waals surface area contributed by atoms with Crippen LogP contribution < -0.4 is 0 Å². The van der Waals surface area contributed by atoms with Gasteiger partial charge in [-0.3, -0.25) is 9.69 Å². The zero-order chi connectivity index (χ0) is 19.2. The minimum Gasteiger partial charge on any atom is -0.340 e. The third-order valence-corrected chi connectivity index (χ3v) is 6.08. The standard InChI is InChI=1S/C23H25N3OS/c27-22(12-11-21-18-28-23(24-21)20-9-5-2-6-10-20)26-15-13-25(14-16-26)17-19-7-3-1-4-8-19/h1-10,18H,11-17H2. The number of nitrogens with zero attached hydrogens (tertiary/aromatic N) is 3. The van der Waals surface area contributed by atoms with Gasteiger partial charge in [-0.05, 0) is 12.0 Å². The van der Waals surface area contributed by atoms with Gasteiger partial charge in [0, 0.05) is 50.1 Å². The van der Waals surface area contributed by atoms with E-state index in [1.54, 1.807) is 11.3 Å². The molecule has 0 spiro atoms. The molecular weight excluding hydrogens is 366 g/mol. The summed E-state index contributed by atoms with van der Waals surface area (Å²) in [6.07, 6.45) is 1.25. The van der Waals surface area contributed by atoms with E-state index >= 15 is 0 Å². The SMILES string of the molecule is O=C(CCc1csc(-c2ccccc2)n1)N1CCN(Cc2ccccc2)CC1. The molecule has 1 aromatic heterocycles. The van der Waals surface area contributed by atoms with Crippen molar-refractivity contribution in [3.05, 3.63) is 77.3 Å². The average molecular weight is 392 g/mol. The van der Waals surface area contributed by atoms with Crippen LogP contribution in [0.2, 0.25) is 0 Å². The van der Waals surface area contributed by atoms with Crippen LogP contribution in [0, 0.1) is 0 Å². The third kappa shape index (κ3) is 4.86. The van der Waals surface area contributed by atoms with Gasteiger partial charge in [-0.15, -0.1) is 11.3 Å². The topological polar surface area (TPSA) is 36.4 Å². The fourth-order valence-electron chi connectivity index (χ4n) is 3.53. The van der Waals surface area contributed by atoms with E-state index in [4.69, 9.17) is 4.98 Å². The molecule has 1 saturated heterocycles. The Hall–Kier alpha value is -2.50. The Balaban J connectivity index is 1.23. The van der Waals surface area contributed by atoms with Crippen molar-refractivity contribution in [1.82, 2.24) is 14.8 Å². The Morgan fingerprint density at radius 1 is 0.929 bits per heavy atom. The molecule has 1 fully saturated rings. The molecule has 0 unspecified atom stereocenters. The molecule has 0 aliphatic carbocycles. The molecular formula is C23H25N3OS. The molecule has 144 valence electrons. The lowest BCUT2D eigenvalue weighted by Crippen LogP contribution is -2.48. The molecule has 2 aromatic carbocycles. The lowest BCUT2D eigenvalue weighted by molar-refractivity contribution is -0.133. The highest BCUT2D eigenvalue weighted by Crippen LogP contribution is 2.24. The van der Waals surface area contributed by atoms with Gasteiger partial charge in [0.2, 0.25) is 5.91 Å². The number of carbonyl (C=O) groups is 1. The number of benzene rings is 2. The highest BCUT2D eigenvalue weighted by Gasteiger charge is 2.21. The molecule has 0 saturated carbocycles. The first kappa shape index (κ1) is 18.8. The molecule has 0 N–H and O–H groups in total. The van der Waals surface area contributed by atoms with Crippen molar-refractivity contribution in [2.24, 2.45) is 0 Å². The lowest BCUT2D eigenvalue weighted by Gasteiger charge is -2.34. The summed E-state index contributed by atoms with van der Waals surface area (Å²) in [6.45, 7) is 4.48. The van der Waals surface area contributed by atoms with Crippen molar-refractivity contribution in [2.45, 2.75) is 19.4 Å². The molecule has 3 aromatic rings. The smallest absolute Gasteiger partial charge is 0.223 e. The first-order chi connectivity index (χ1) is 13.8. The summed E-state index contributed by atoms with van der Waals surface area (Å²) in [7, 11) is 0. The normalized spacial score (nSPS) is 14.9. The summed E-state index contributed by atoms with van der Waals surface area (Å²) in [5.74, 6) is 0.244. The minimum absolute atomic E-state index is 0.244. The van der Waals surface area contributed by atoms with E-state index < -0.39 is 0 Å². The fourth-order valence-corrected chi connectivity index (χ4v) is 4.39. The Kier molecular flexibility index (Phi) is 6.14. The maximum absolute atomic E-state index is 12.6. The summed E-state index contributed by atoms with van der Waals surface area (Å²) in [4.78, 5) is 21.7. The van der Waals surface area contributed by atoms with Gasteiger partial charge in [-0.1, -0.05) is 60.7 Å². The zero-order valence-corrected chi connectivity index (χ0v) is 16.8. The highest BCUT2D eigenvalue weighted by atomic mass is 32.1. The molecule has 2 heterocycles. The van der Waals surface area contributed by atoms with Crippen molar-refractivity contribution in [3.63, 3.8) is 0 Å². The van der Waals surface area contributed by atoms with Crippen molar-refractivity contribution in [3.8, 4) is 10.6 Å². The fraction of sp³-hybridized carbons (Fsp3) is 0.304. The van der Waals surface area contributed by atoms with Gasteiger partial charge in [0.25, 0.3) is 0 Å². The number of hydrogen-bond acceptors (Lipinski definition) is 4. The van der Waals surface area contributed by atoms with Crippen LogP contribution >= 0.6 is 11.3 Å². The first-order valence-electron chi connectivity index (χ1n) is 9.82. The van der Waals surface area contributed by atoms with E-state index in [0.717, 1.165) is 49.0 Å². The van der Waals surface area contributed by atoms with E-state index in [1.807, 2.05) is 29.2 Å². The molecule has 0 radical (unpaired) electrons. The van der Waals surface area contributed by atoms with Crippen molar-refractivity contribution in [2.75, 3.05) is 26.2 Å². The molecule has 1 aliphatic rings. The van der Waals surface area contributed by atoms with Gasteiger partial charge in [0.05, 0.1) is 5.69 Å². The van der Waals surface area contributed by atoms with E-state index in [1.165, 1.54) is 5.56 Å². The zero-order valence-electron chi connectivity index (χ0n) is 16.0. The number of thiazole rings is 1. The molecule has 0 bridgehead atoms. The number of aryl methyl sites for hydroxylation is 1. The molecule has 4 rings (SSSR count). The van der Waals surface area contributed by atoms with E-state index in [0.29, 0.717) is 12.8 Å². The average Bonchev–Trinajstić information content (AvgIpc) is 3.23. The van der Waals surface area contributed by atoms with Crippen LogP contribution in [-0.4, -0.2) is 46.9 Å². The van der Waals surface area contributed by atoms with E-state index in [9.17, 15) is 4.79 Å². The monoisotopic (exact) mass is 391 g/mol. The minimum atomic E-state index is 0.244. The molecule has 0 atom stereocenters. The van der Waals surface area contributed by atoms with Crippen molar-refractivity contribution >= 4 is 17.2 Å². The van der Waals surface area contributed by atoms with E-state index in [2.05, 4.69) is 46.7 Å². The number of carbonyl (C=O) groups excluding carboxylic acids is 1. The second-order valence-corrected chi connectivity index (χ2v) is 8.01. The number of piperazine rings is 1. The van der Waals surface area contributed by atoms with E-state index in [-0.39, 0.29) is 5.91 Å². The van der Waals surface area contributed by atoms with Crippen LogP contribution in [-0.2, 0) is 17.8 Å². The lowest BCUT2D eigenvalue weighted by atomic mass is 10.2. The number of hydrogen-bond donors (Lipinski definition) is 0. The van der Waals surface area contributed by atoms with Gasteiger partial charge < -0.3 is 4.90 Å². The largest absolute Gasteiger partial charge is 0.340 e. The molecule has 1 amide bonds. The predicted molar refractivity (Wildman–Crippen MR) is 114 cm³/mol. The van der Waals surface area contributed by atoms with Gasteiger partial charge in [-0.2, -0.15) is 0 Å². The van der Waals surface area contributed by atoms with Crippen LogP contribution in [0.15, 0.2) is 66.0 Å². The van der Waals surface area contributed by atoms with Crippen LogP contribution in [0.1, 0.15) is 17.7 Å². The molecule has 28 heavy (non-hydrogen) atoms. The summed E-state index contributed by atoms with van der Waals surface area (Å²) < 4.78 is 0. The second kappa shape index (κ2) is 9.13. The maximum atomic E-state index is 12.6. The second-order valence-electron chi connectivity index (χ2n) is 7.15. The number of amides is 1. The van der Waals surface area contributed by atoms with Gasteiger partial charge in [0.1, 0.15) is 5.01 Å². The number of aromatic nitrogens is 1. The summed E-state index contributed by atoms with van der Waals surface area (Å²) in [6, 6.07) is 20.7. The van der Waals surface area contributed by atoms with Gasteiger partial charge >= 0.3 is 0 Å². The van der Waals surface area contributed by atoms with Gasteiger partial charge in [0.15, 0.2) is 0 Å². The van der Waals surface area contributed by atoms with Crippen molar-refractivity contribution in [1.29, 1.82) is 0 Å². The summed E-state index contributed by atoms with van der Waals surface area (Å²) in [5.41, 5.74) is 3.49. The first-order valence-corrected chi connectivity index (χ1v) is 10.7. The maximum Gasteiger partial charge on any atom is 0.223 e. The Labute approximate surface area is 170 Å². The van der Waals surface area contributed by atoms with Crippen molar-refractivity contribution < 1.29 is 4.79 Å². The molecule has 1 aliphatic heterocycles.